The van der Waals surface area contributed by atoms with Crippen molar-refractivity contribution >= 4 is 0 Å². The van der Waals surface area contributed by atoms with E-state index in [1.54, 1.807) is 0 Å². The minimum Gasteiger partial charge on any atom is -0.352 e. The maximum atomic E-state index is 5.43. The van der Waals surface area contributed by atoms with Gasteiger partial charge in [-0.1, -0.05) is 5.92 Å². The Labute approximate surface area is 92.7 Å². The first-order chi connectivity index (χ1) is 6.87. The summed E-state index contributed by atoms with van der Waals surface area (Å²) in [5.74, 6) is 2.73. The third kappa shape index (κ3) is 2.64. The van der Waals surface area contributed by atoms with Crippen molar-refractivity contribution in [1.82, 2.24) is 9.88 Å². The molecule has 0 aliphatic rings. The summed E-state index contributed by atoms with van der Waals surface area (Å²) in [6, 6.07) is 2.20. The van der Waals surface area contributed by atoms with Crippen LogP contribution in [0.3, 0.4) is 0 Å². The minimum absolute atomic E-state index is 0.240. The molecule has 0 amide bonds. The van der Waals surface area contributed by atoms with Gasteiger partial charge in [0.05, 0.1) is 5.54 Å². The summed E-state index contributed by atoms with van der Waals surface area (Å²) in [6.45, 7) is 9.09. The van der Waals surface area contributed by atoms with Gasteiger partial charge >= 0.3 is 0 Å². The van der Waals surface area contributed by atoms with Crippen LogP contribution in [0, 0.1) is 26.2 Å². The van der Waals surface area contributed by atoms with Gasteiger partial charge in [0, 0.05) is 25.0 Å². The van der Waals surface area contributed by atoms with Crippen LogP contribution in [-0.4, -0.2) is 10.1 Å². The predicted molar refractivity (Wildman–Crippen MR) is 64.6 cm³/mol. The Bertz CT molecular complexity index is 391. The first-order valence-corrected chi connectivity index (χ1v) is 5.22. The van der Waals surface area contributed by atoms with E-state index in [2.05, 4.69) is 42.8 Å². The summed E-state index contributed by atoms with van der Waals surface area (Å²) in [4.78, 5) is 0. The highest BCUT2D eigenvalue weighted by Crippen LogP contribution is 2.14. The number of aromatic nitrogens is 1. The Morgan fingerprint density at radius 2 is 2.07 bits per heavy atom. The molecular formula is C13H20N2. The smallest absolute Gasteiger partial charge is 0.0743 e. The number of nitrogens with zero attached hydrogens (tertiary/aromatic N) is 1. The second-order valence-electron chi connectivity index (χ2n) is 4.58. The van der Waals surface area contributed by atoms with Crippen molar-refractivity contribution in [2.75, 3.05) is 0 Å². The number of hydrogen-bond acceptors (Lipinski definition) is 1. The molecule has 82 valence electrons. The SMILES string of the molecule is C#CC(C)(C)NCc1cc(C)n(C)c1C. The first kappa shape index (κ1) is 11.9. The highest BCUT2D eigenvalue weighted by atomic mass is 15.0. The fraction of sp³-hybridized carbons (Fsp3) is 0.538. The van der Waals surface area contributed by atoms with Crippen molar-refractivity contribution < 1.29 is 0 Å². The second-order valence-corrected chi connectivity index (χ2v) is 4.58. The van der Waals surface area contributed by atoms with E-state index in [0.717, 1.165) is 6.54 Å². The number of aryl methyl sites for hydroxylation is 1. The molecule has 0 saturated heterocycles. The van der Waals surface area contributed by atoms with Crippen LogP contribution in [0.5, 0.6) is 0 Å². The van der Waals surface area contributed by atoms with E-state index in [4.69, 9.17) is 6.42 Å². The van der Waals surface area contributed by atoms with Gasteiger partial charge in [-0.25, -0.2) is 0 Å². The van der Waals surface area contributed by atoms with Crippen molar-refractivity contribution in [2.24, 2.45) is 7.05 Å². The number of nitrogens with one attached hydrogen (secondary N) is 1. The van der Waals surface area contributed by atoms with Crippen molar-refractivity contribution in [3.63, 3.8) is 0 Å². The maximum Gasteiger partial charge on any atom is 0.0743 e. The Morgan fingerprint density at radius 3 is 2.47 bits per heavy atom. The highest BCUT2D eigenvalue weighted by Gasteiger charge is 2.14. The number of terminal acetylenes is 1. The van der Waals surface area contributed by atoms with E-state index < -0.39 is 0 Å². The van der Waals surface area contributed by atoms with Crippen molar-refractivity contribution in [1.29, 1.82) is 0 Å². The molecule has 0 saturated carbocycles. The molecule has 0 bridgehead atoms. The highest BCUT2D eigenvalue weighted by molar-refractivity contribution is 5.26. The van der Waals surface area contributed by atoms with Gasteiger partial charge in [0.25, 0.3) is 0 Å². The Kier molecular flexibility index (Phi) is 3.26. The van der Waals surface area contributed by atoms with Gasteiger partial charge in [-0.3, -0.25) is 5.32 Å². The molecule has 0 aliphatic heterocycles. The Morgan fingerprint density at radius 1 is 1.47 bits per heavy atom. The van der Waals surface area contributed by atoms with E-state index in [1.807, 2.05) is 13.8 Å². The molecule has 2 nitrogen and oxygen atoms in total. The summed E-state index contributed by atoms with van der Waals surface area (Å²) >= 11 is 0. The zero-order chi connectivity index (χ0) is 11.6. The van der Waals surface area contributed by atoms with Crippen LogP contribution in [0.4, 0.5) is 0 Å². The van der Waals surface area contributed by atoms with E-state index in [1.165, 1.54) is 17.0 Å². The molecular weight excluding hydrogens is 184 g/mol. The molecule has 0 unspecified atom stereocenters. The normalized spacial score (nSPS) is 11.5. The Balaban J connectivity index is 2.75. The van der Waals surface area contributed by atoms with Gasteiger partial charge < -0.3 is 4.57 Å². The molecule has 1 heterocycles. The fourth-order valence-corrected chi connectivity index (χ4v) is 1.48. The topological polar surface area (TPSA) is 17.0 Å². The molecule has 1 rings (SSSR count). The number of rotatable bonds is 3. The van der Waals surface area contributed by atoms with Gasteiger partial charge in [-0.15, -0.1) is 6.42 Å². The quantitative estimate of drug-likeness (QED) is 0.746. The van der Waals surface area contributed by atoms with Crippen LogP contribution < -0.4 is 5.32 Å². The van der Waals surface area contributed by atoms with Gasteiger partial charge in [-0.05, 0) is 39.3 Å². The lowest BCUT2D eigenvalue weighted by Crippen LogP contribution is -2.37. The van der Waals surface area contributed by atoms with Crippen LogP contribution in [0.1, 0.15) is 30.8 Å². The largest absolute Gasteiger partial charge is 0.352 e. The summed E-state index contributed by atoms with van der Waals surface area (Å²) in [5.41, 5.74) is 3.66. The average Bonchev–Trinajstić information content (AvgIpc) is 2.43. The summed E-state index contributed by atoms with van der Waals surface area (Å²) in [5, 5.41) is 3.36. The molecule has 2 heteroatoms. The predicted octanol–water partition coefficient (Wildman–Crippen LogP) is 2.14. The molecule has 0 aromatic carbocycles. The van der Waals surface area contributed by atoms with Crippen LogP contribution >= 0.6 is 0 Å². The average molecular weight is 204 g/mol. The molecule has 0 atom stereocenters. The molecule has 0 spiro atoms. The first-order valence-electron chi connectivity index (χ1n) is 5.22. The maximum absolute atomic E-state index is 5.43. The molecule has 0 aliphatic carbocycles. The van der Waals surface area contributed by atoms with E-state index in [0.29, 0.717) is 0 Å². The lowest BCUT2D eigenvalue weighted by Gasteiger charge is -2.19. The molecule has 0 fully saturated rings. The van der Waals surface area contributed by atoms with Crippen molar-refractivity contribution in [3.05, 3.63) is 23.0 Å². The zero-order valence-electron chi connectivity index (χ0n) is 10.3. The van der Waals surface area contributed by atoms with Gasteiger partial charge in [0.1, 0.15) is 0 Å². The third-order valence-electron chi connectivity index (χ3n) is 2.96. The lowest BCUT2D eigenvalue weighted by molar-refractivity contribution is 0.490. The summed E-state index contributed by atoms with van der Waals surface area (Å²) in [6.07, 6.45) is 5.43. The van der Waals surface area contributed by atoms with E-state index >= 15 is 0 Å². The summed E-state index contributed by atoms with van der Waals surface area (Å²) in [7, 11) is 2.08. The zero-order valence-corrected chi connectivity index (χ0v) is 10.3. The number of hydrogen-bond donors (Lipinski definition) is 1. The Hall–Kier alpha value is -1.20. The third-order valence-corrected chi connectivity index (χ3v) is 2.96. The fourth-order valence-electron chi connectivity index (χ4n) is 1.48. The molecule has 15 heavy (non-hydrogen) atoms. The standard InChI is InChI=1S/C13H20N2/c1-7-13(4,5)14-9-12-8-10(2)15(6)11(12)3/h1,8,14H,9H2,2-6H3. The van der Waals surface area contributed by atoms with E-state index in [9.17, 15) is 0 Å². The second kappa shape index (κ2) is 4.12. The molecule has 0 radical (unpaired) electrons. The van der Waals surface area contributed by atoms with Crippen molar-refractivity contribution in [3.8, 4) is 12.3 Å². The van der Waals surface area contributed by atoms with Gasteiger partial charge in [0.2, 0.25) is 0 Å². The minimum atomic E-state index is -0.240. The summed E-state index contributed by atoms with van der Waals surface area (Å²) < 4.78 is 2.19. The lowest BCUT2D eigenvalue weighted by atomic mass is 10.1. The van der Waals surface area contributed by atoms with Gasteiger partial charge in [0.15, 0.2) is 0 Å². The molecule has 1 aromatic rings. The van der Waals surface area contributed by atoms with Crippen molar-refractivity contribution in [2.45, 2.75) is 39.8 Å². The van der Waals surface area contributed by atoms with Crippen LogP contribution in [-0.2, 0) is 13.6 Å². The van der Waals surface area contributed by atoms with Gasteiger partial charge in [-0.2, -0.15) is 0 Å². The van der Waals surface area contributed by atoms with Crippen LogP contribution in [0.2, 0.25) is 0 Å². The van der Waals surface area contributed by atoms with Crippen LogP contribution in [0.15, 0.2) is 6.07 Å². The van der Waals surface area contributed by atoms with Crippen LogP contribution in [0.25, 0.3) is 0 Å². The molecule has 1 N–H and O–H groups in total. The van der Waals surface area contributed by atoms with E-state index in [-0.39, 0.29) is 5.54 Å². The monoisotopic (exact) mass is 204 g/mol. The molecule has 1 aromatic heterocycles.